The van der Waals surface area contributed by atoms with Crippen molar-refractivity contribution in [3.05, 3.63) is 150 Å². The van der Waals surface area contributed by atoms with Gasteiger partial charge in [0.1, 0.15) is 11.4 Å². The van der Waals surface area contributed by atoms with Crippen molar-refractivity contribution in [3.63, 3.8) is 0 Å². The highest BCUT2D eigenvalue weighted by Crippen LogP contribution is 2.46. The van der Waals surface area contributed by atoms with Crippen LogP contribution in [0.1, 0.15) is 0 Å². The number of aromatic nitrogens is 4. The molecule has 8 aromatic rings. The van der Waals surface area contributed by atoms with E-state index < -0.39 is 0 Å². The molecule has 0 unspecified atom stereocenters. The molecule has 0 aliphatic carbocycles. The third-order valence-electron chi connectivity index (χ3n) is 7.97. The number of hydrogen-bond donors (Lipinski definition) is 0. The first kappa shape index (κ1) is 25.5. The van der Waals surface area contributed by atoms with Crippen LogP contribution in [0.15, 0.2) is 140 Å². The van der Waals surface area contributed by atoms with Crippen LogP contribution in [-0.4, -0.2) is 24.5 Å². The van der Waals surface area contributed by atoms with E-state index in [1.807, 2.05) is 109 Å². The van der Waals surface area contributed by atoms with E-state index in [2.05, 4.69) is 22.6 Å². The fourth-order valence-electron chi connectivity index (χ4n) is 6.03. The quantitative estimate of drug-likeness (QED) is 0.152. The number of nitro groups is 1. The molecule has 44 heavy (non-hydrogen) atoms. The Kier molecular flexibility index (Phi) is 5.94. The summed E-state index contributed by atoms with van der Waals surface area (Å²) >= 11 is 0. The second kappa shape index (κ2) is 10.3. The van der Waals surface area contributed by atoms with Crippen LogP contribution in [0.2, 0.25) is 0 Å². The zero-order valence-electron chi connectivity index (χ0n) is 23.3. The second-order valence-electron chi connectivity index (χ2n) is 10.5. The highest BCUT2D eigenvalue weighted by atomic mass is 16.6. The van der Waals surface area contributed by atoms with Crippen LogP contribution < -0.4 is 0 Å². The van der Waals surface area contributed by atoms with Crippen molar-refractivity contribution in [2.75, 3.05) is 0 Å². The Morgan fingerprint density at radius 3 is 1.59 bits per heavy atom. The van der Waals surface area contributed by atoms with Gasteiger partial charge in [0.15, 0.2) is 0 Å². The van der Waals surface area contributed by atoms with E-state index in [1.165, 1.54) is 0 Å². The molecule has 0 atom stereocenters. The van der Waals surface area contributed by atoms with Gasteiger partial charge in [-0.2, -0.15) is 0 Å². The summed E-state index contributed by atoms with van der Waals surface area (Å²) in [6.07, 6.45) is 0. The Morgan fingerprint density at radius 2 is 1.02 bits per heavy atom. The van der Waals surface area contributed by atoms with Crippen LogP contribution in [0.3, 0.4) is 0 Å². The molecule has 0 saturated carbocycles. The Labute approximate surface area is 251 Å². The molecule has 0 bridgehead atoms. The van der Waals surface area contributed by atoms with Gasteiger partial charge < -0.3 is 4.40 Å². The summed E-state index contributed by atoms with van der Waals surface area (Å²) in [6.45, 7) is 0. The predicted octanol–water partition coefficient (Wildman–Crippen LogP) is 9.01. The summed E-state index contributed by atoms with van der Waals surface area (Å²) in [5, 5.41) is 23.2. The first-order valence-electron chi connectivity index (χ1n) is 14.2. The van der Waals surface area contributed by atoms with Crippen LogP contribution in [0, 0.1) is 10.1 Å². The van der Waals surface area contributed by atoms with E-state index in [0.29, 0.717) is 0 Å². The number of rotatable bonds is 5. The summed E-state index contributed by atoms with van der Waals surface area (Å²) in [7, 11) is 0. The van der Waals surface area contributed by atoms with E-state index in [4.69, 9.17) is 15.2 Å². The second-order valence-corrected chi connectivity index (χ2v) is 10.5. The van der Waals surface area contributed by atoms with Gasteiger partial charge in [0.25, 0.3) is 5.69 Å². The topological polar surface area (TPSA) is 86.2 Å². The van der Waals surface area contributed by atoms with E-state index in [0.717, 1.165) is 72.4 Å². The molecule has 0 spiro atoms. The maximum atomic E-state index is 11.6. The molecule has 0 saturated heterocycles. The molecule has 3 heterocycles. The SMILES string of the molecule is O=[N+]([O-])c1ccc(-c2c3c(-c4ccccc4)nnc(-c4ccccc4)c3c3c(-c4ccccc4)nc4ccccc4n23)cc1. The van der Waals surface area contributed by atoms with Crippen molar-refractivity contribution in [2.24, 2.45) is 0 Å². The molecule has 7 nitrogen and oxygen atoms in total. The van der Waals surface area contributed by atoms with Crippen LogP contribution in [0.4, 0.5) is 5.69 Å². The van der Waals surface area contributed by atoms with Crippen LogP contribution in [-0.2, 0) is 0 Å². The van der Waals surface area contributed by atoms with Gasteiger partial charge in [-0.05, 0) is 29.8 Å². The minimum atomic E-state index is -0.376. The number of non-ortho nitro benzene ring substituents is 1. The maximum absolute atomic E-state index is 11.6. The smallest absolute Gasteiger partial charge is 0.269 e. The van der Waals surface area contributed by atoms with Crippen LogP contribution >= 0.6 is 0 Å². The van der Waals surface area contributed by atoms with Crippen molar-refractivity contribution in [2.45, 2.75) is 0 Å². The van der Waals surface area contributed by atoms with Gasteiger partial charge >= 0.3 is 0 Å². The van der Waals surface area contributed by atoms with Gasteiger partial charge in [0.05, 0.1) is 32.9 Å². The Bertz CT molecular complexity index is 2330. The summed E-state index contributed by atoms with van der Waals surface area (Å²) in [5.74, 6) is 0. The number of fused-ring (bicyclic) bond motifs is 5. The minimum absolute atomic E-state index is 0.0310. The Hall–Kier alpha value is -6.21. The molecule has 3 aromatic heterocycles. The molecule has 0 fully saturated rings. The molecule has 7 heteroatoms. The van der Waals surface area contributed by atoms with Gasteiger partial charge in [0.2, 0.25) is 0 Å². The van der Waals surface area contributed by atoms with Gasteiger partial charge in [-0.1, -0.05) is 103 Å². The normalized spacial score (nSPS) is 11.4. The summed E-state index contributed by atoms with van der Waals surface area (Å²) < 4.78 is 2.23. The molecule has 0 aliphatic heterocycles. The fourth-order valence-corrected chi connectivity index (χ4v) is 6.03. The molecule has 0 N–H and O–H groups in total. The summed E-state index contributed by atoms with van der Waals surface area (Å²) in [6, 6.07) is 45.0. The van der Waals surface area contributed by atoms with Crippen molar-refractivity contribution < 1.29 is 4.92 Å². The molecule has 208 valence electrons. The lowest BCUT2D eigenvalue weighted by atomic mass is 9.98. The average Bonchev–Trinajstić information content (AvgIpc) is 3.45. The van der Waals surface area contributed by atoms with Crippen LogP contribution in [0.5, 0.6) is 0 Å². The standard InChI is InChI=1S/C37H23N5O2/c43-42(44)28-22-20-27(21-23-28)36-31-32(34(25-14-6-2-7-15-25)40-39-33(31)24-12-4-1-5-13-24)37-35(26-16-8-3-9-17-26)38-29-18-10-11-19-30(29)41(36)37/h1-23H. The van der Waals surface area contributed by atoms with Crippen molar-refractivity contribution in [1.29, 1.82) is 0 Å². The number of nitro benzene ring substituents is 1. The lowest BCUT2D eigenvalue weighted by molar-refractivity contribution is -0.384. The molecule has 8 rings (SSSR count). The third-order valence-corrected chi connectivity index (χ3v) is 7.97. The fraction of sp³-hybridized carbons (Fsp3) is 0. The van der Waals surface area contributed by atoms with Gasteiger partial charge in [-0.25, -0.2) is 4.98 Å². The minimum Gasteiger partial charge on any atom is -0.304 e. The summed E-state index contributed by atoms with van der Waals surface area (Å²) in [4.78, 5) is 16.5. The van der Waals surface area contributed by atoms with Crippen molar-refractivity contribution in [1.82, 2.24) is 19.6 Å². The van der Waals surface area contributed by atoms with Crippen molar-refractivity contribution in [3.8, 4) is 45.0 Å². The number of para-hydroxylation sites is 2. The Balaban J connectivity index is 1.67. The maximum Gasteiger partial charge on any atom is 0.269 e. The highest BCUT2D eigenvalue weighted by Gasteiger charge is 2.27. The Morgan fingerprint density at radius 1 is 0.523 bits per heavy atom. The zero-order valence-corrected chi connectivity index (χ0v) is 23.3. The van der Waals surface area contributed by atoms with E-state index >= 15 is 0 Å². The summed E-state index contributed by atoms with van der Waals surface area (Å²) in [5.41, 5.74) is 9.43. The first-order chi connectivity index (χ1) is 21.7. The van der Waals surface area contributed by atoms with Crippen molar-refractivity contribution >= 4 is 33.0 Å². The first-order valence-corrected chi connectivity index (χ1v) is 14.2. The number of benzene rings is 5. The van der Waals surface area contributed by atoms with Gasteiger partial charge in [-0.15, -0.1) is 10.2 Å². The average molecular weight is 570 g/mol. The zero-order chi connectivity index (χ0) is 29.6. The number of nitrogens with zero attached hydrogens (tertiary/aromatic N) is 5. The molecule has 5 aromatic carbocycles. The van der Waals surface area contributed by atoms with Crippen LogP contribution in [0.25, 0.3) is 72.4 Å². The molecule has 0 radical (unpaired) electrons. The lowest BCUT2D eigenvalue weighted by Gasteiger charge is -2.12. The van der Waals surface area contributed by atoms with Gasteiger partial charge in [0, 0.05) is 39.6 Å². The van der Waals surface area contributed by atoms with E-state index in [-0.39, 0.29) is 10.6 Å². The number of hydrogen-bond acceptors (Lipinski definition) is 5. The molecular weight excluding hydrogens is 546 g/mol. The molecular formula is C37H23N5O2. The largest absolute Gasteiger partial charge is 0.304 e. The predicted molar refractivity (Wildman–Crippen MR) is 174 cm³/mol. The van der Waals surface area contributed by atoms with Gasteiger partial charge in [-0.3, -0.25) is 10.1 Å². The lowest BCUT2D eigenvalue weighted by Crippen LogP contribution is -1.97. The molecule has 0 amide bonds. The van der Waals surface area contributed by atoms with E-state index in [9.17, 15) is 10.1 Å². The monoisotopic (exact) mass is 569 g/mol. The van der Waals surface area contributed by atoms with E-state index in [1.54, 1.807) is 12.1 Å². The highest BCUT2D eigenvalue weighted by molar-refractivity contribution is 6.21. The molecule has 0 aliphatic rings. The third kappa shape index (κ3) is 4.02.